The number of pyridine rings is 1. The second-order valence-electron chi connectivity index (χ2n) is 3.07. The highest BCUT2D eigenvalue weighted by Crippen LogP contribution is 2.13. The molecule has 1 aliphatic rings. The van der Waals surface area contributed by atoms with E-state index in [9.17, 15) is 0 Å². The Hall–Kier alpha value is -0.800. The maximum absolute atomic E-state index is 5.63. The first-order valence-electron chi connectivity index (χ1n) is 6.32. The molecule has 0 aliphatic carbocycles. The van der Waals surface area contributed by atoms with E-state index in [4.69, 9.17) is 16.3 Å². The summed E-state index contributed by atoms with van der Waals surface area (Å²) >= 11 is 5.63. The van der Waals surface area contributed by atoms with Crippen LogP contribution in [0.2, 0.25) is 5.15 Å². The number of ether oxygens (including phenoxy) is 1. The molecule has 2 heterocycles. The molecule has 0 amide bonds. The topological polar surface area (TPSA) is 34.1 Å². The predicted molar refractivity (Wildman–Crippen MR) is 73.8 cm³/mol. The van der Waals surface area contributed by atoms with E-state index in [-0.39, 0.29) is 0 Å². The molecule has 0 bridgehead atoms. The van der Waals surface area contributed by atoms with Crippen LogP contribution >= 0.6 is 11.6 Å². The molecule has 1 N–H and O–H groups in total. The lowest BCUT2D eigenvalue weighted by atomic mass is 10.1. The third kappa shape index (κ3) is 6.49. The highest BCUT2D eigenvalue weighted by Gasteiger charge is 2.16. The van der Waals surface area contributed by atoms with Gasteiger partial charge >= 0.3 is 0 Å². The smallest absolute Gasteiger partial charge is 0.137 e. The fraction of sp³-hybridized carbons (Fsp3) is 0.615. The summed E-state index contributed by atoms with van der Waals surface area (Å²) in [5, 5.41) is 3.75. The Morgan fingerprint density at radius 2 is 2.00 bits per heavy atom. The van der Waals surface area contributed by atoms with Gasteiger partial charge in [0, 0.05) is 6.04 Å². The summed E-state index contributed by atoms with van der Waals surface area (Å²) in [5.74, 6) is 0.776. The number of nitrogens with zero attached hydrogens (tertiary/aromatic N) is 1. The van der Waals surface area contributed by atoms with Crippen molar-refractivity contribution in [3.8, 4) is 5.75 Å². The first-order chi connectivity index (χ1) is 8.34. The highest BCUT2D eigenvalue weighted by molar-refractivity contribution is 6.29. The Morgan fingerprint density at radius 3 is 2.41 bits per heavy atom. The van der Waals surface area contributed by atoms with Gasteiger partial charge in [-0.05, 0) is 25.1 Å². The van der Waals surface area contributed by atoms with E-state index in [1.54, 1.807) is 12.3 Å². The molecule has 1 aliphatic heterocycles. The van der Waals surface area contributed by atoms with Crippen molar-refractivity contribution in [3.05, 3.63) is 23.5 Å². The first-order valence-corrected chi connectivity index (χ1v) is 6.70. The van der Waals surface area contributed by atoms with Crippen molar-refractivity contribution in [2.75, 3.05) is 13.2 Å². The predicted octanol–water partition coefficient (Wildman–Crippen LogP) is 3.53. The minimum atomic E-state index is 0.495. The minimum Gasteiger partial charge on any atom is -0.490 e. The second-order valence-corrected chi connectivity index (χ2v) is 3.45. The molecule has 17 heavy (non-hydrogen) atoms. The van der Waals surface area contributed by atoms with Gasteiger partial charge in [-0.15, -0.1) is 0 Å². The Kier molecular flexibility index (Phi) is 9.87. The van der Waals surface area contributed by atoms with E-state index >= 15 is 0 Å². The van der Waals surface area contributed by atoms with Gasteiger partial charge in [0.05, 0.1) is 6.20 Å². The number of nitrogens with one attached hydrogen (secondary N) is 1. The summed E-state index contributed by atoms with van der Waals surface area (Å²) in [6.45, 7) is 9.82. The lowest BCUT2D eigenvalue weighted by Gasteiger charge is -2.27. The maximum atomic E-state index is 5.63. The molecule has 2 rings (SSSR count). The monoisotopic (exact) mass is 258 g/mol. The van der Waals surface area contributed by atoms with Crippen molar-refractivity contribution in [1.29, 1.82) is 0 Å². The molecule has 4 heteroatoms. The number of hydrogen-bond donors (Lipinski definition) is 1. The van der Waals surface area contributed by atoms with Gasteiger partial charge < -0.3 is 10.1 Å². The summed E-state index contributed by atoms with van der Waals surface area (Å²) in [5.41, 5.74) is 0. The zero-order chi connectivity index (χ0) is 13.1. The van der Waals surface area contributed by atoms with Crippen molar-refractivity contribution < 1.29 is 4.74 Å². The van der Waals surface area contributed by atoms with Crippen LogP contribution in [0.15, 0.2) is 18.3 Å². The number of hydrogen-bond acceptors (Lipinski definition) is 3. The molecule has 3 nitrogen and oxygen atoms in total. The number of halogens is 1. The molecule has 0 aromatic carbocycles. The molecule has 1 fully saturated rings. The SMILES string of the molecule is CC.CC.Clc1ccc(OCC2CCN2)cn1. The van der Waals surface area contributed by atoms with Crippen LogP contribution in [0.1, 0.15) is 34.1 Å². The van der Waals surface area contributed by atoms with Crippen molar-refractivity contribution in [1.82, 2.24) is 10.3 Å². The van der Waals surface area contributed by atoms with E-state index in [0.717, 1.165) is 12.3 Å². The molecule has 98 valence electrons. The van der Waals surface area contributed by atoms with Crippen LogP contribution in [-0.2, 0) is 0 Å². The lowest BCUT2D eigenvalue weighted by Crippen LogP contribution is -2.46. The average Bonchev–Trinajstić information content (AvgIpc) is 2.35. The molecule has 0 saturated carbocycles. The third-order valence-corrected chi connectivity index (χ3v) is 2.30. The third-order valence-electron chi connectivity index (χ3n) is 2.08. The summed E-state index contributed by atoms with van der Waals surface area (Å²) in [7, 11) is 0. The quantitative estimate of drug-likeness (QED) is 0.843. The van der Waals surface area contributed by atoms with Crippen molar-refractivity contribution in [3.63, 3.8) is 0 Å². The second kappa shape index (κ2) is 10.4. The van der Waals surface area contributed by atoms with Gasteiger partial charge in [0.25, 0.3) is 0 Å². The molecular formula is C13H23ClN2O. The lowest BCUT2D eigenvalue weighted by molar-refractivity contribution is 0.217. The largest absolute Gasteiger partial charge is 0.490 e. The van der Waals surface area contributed by atoms with E-state index < -0.39 is 0 Å². The summed E-state index contributed by atoms with van der Waals surface area (Å²) in [6, 6.07) is 4.06. The van der Waals surface area contributed by atoms with Crippen molar-refractivity contribution >= 4 is 11.6 Å². The van der Waals surface area contributed by atoms with Gasteiger partial charge in [-0.2, -0.15) is 0 Å². The van der Waals surface area contributed by atoms with E-state index in [0.29, 0.717) is 17.8 Å². The zero-order valence-corrected chi connectivity index (χ0v) is 11.9. The molecule has 0 radical (unpaired) electrons. The molecule has 1 atom stereocenters. The summed E-state index contributed by atoms with van der Waals surface area (Å²) in [4.78, 5) is 3.92. The number of rotatable bonds is 3. The fourth-order valence-corrected chi connectivity index (χ4v) is 1.25. The standard InChI is InChI=1S/C9H11ClN2O.2C2H6/c10-9-2-1-8(5-12-9)13-6-7-3-4-11-7;2*1-2/h1-2,5,7,11H,3-4,6H2;2*1-2H3. The van der Waals surface area contributed by atoms with Crippen LogP contribution in [0.5, 0.6) is 5.75 Å². The molecule has 1 saturated heterocycles. The normalized spacial score (nSPS) is 16.6. The van der Waals surface area contributed by atoms with Crippen LogP contribution in [-0.4, -0.2) is 24.2 Å². The molecule has 1 aromatic heterocycles. The van der Waals surface area contributed by atoms with Crippen LogP contribution in [0.25, 0.3) is 0 Å². The number of aromatic nitrogens is 1. The Morgan fingerprint density at radius 1 is 1.35 bits per heavy atom. The molecule has 0 spiro atoms. The Balaban J connectivity index is 0.000000581. The Labute approximate surface area is 110 Å². The average molecular weight is 259 g/mol. The minimum absolute atomic E-state index is 0.495. The molecule has 1 aromatic rings. The van der Waals surface area contributed by atoms with Gasteiger partial charge in [-0.1, -0.05) is 39.3 Å². The highest BCUT2D eigenvalue weighted by atomic mass is 35.5. The van der Waals surface area contributed by atoms with E-state index in [1.807, 2.05) is 33.8 Å². The van der Waals surface area contributed by atoms with Gasteiger partial charge in [0.15, 0.2) is 0 Å². The van der Waals surface area contributed by atoms with Crippen molar-refractivity contribution in [2.45, 2.75) is 40.2 Å². The van der Waals surface area contributed by atoms with E-state index in [1.165, 1.54) is 6.42 Å². The fourth-order valence-electron chi connectivity index (χ4n) is 1.14. The molecule has 1 unspecified atom stereocenters. The summed E-state index contributed by atoms with van der Waals surface area (Å²) in [6.07, 6.45) is 2.84. The zero-order valence-electron chi connectivity index (χ0n) is 11.2. The van der Waals surface area contributed by atoms with E-state index in [2.05, 4.69) is 10.3 Å². The van der Waals surface area contributed by atoms with Gasteiger partial charge in [-0.3, -0.25) is 0 Å². The molecular weight excluding hydrogens is 236 g/mol. The van der Waals surface area contributed by atoms with Crippen LogP contribution in [0.4, 0.5) is 0 Å². The maximum Gasteiger partial charge on any atom is 0.137 e. The van der Waals surface area contributed by atoms with Crippen LogP contribution in [0.3, 0.4) is 0 Å². The van der Waals surface area contributed by atoms with Crippen LogP contribution in [0, 0.1) is 0 Å². The summed E-state index contributed by atoms with van der Waals surface area (Å²) < 4.78 is 5.48. The Bertz CT molecular complexity index is 273. The van der Waals surface area contributed by atoms with Gasteiger partial charge in [0.2, 0.25) is 0 Å². The first kappa shape index (κ1) is 16.2. The van der Waals surface area contributed by atoms with Gasteiger partial charge in [0.1, 0.15) is 17.5 Å². The van der Waals surface area contributed by atoms with Gasteiger partial charge in [-0.25, -0.2) is 4.98 Å². The van der Waals surface area contributed by atoms with Crippen molar-refractivity contribution in [2.24, 2.45) is 0 Å². The van der Waals surface area contributed by atoms with Crippen LogP contribution < -0.4 is 10.1 Å².